The number of para-hydroxylation sites is 3. The van der Waals surface area contributed by atoms with Crippen molar-refractivity contribution < 1.29 is 23.1 Å². The molecular weight excluding hydrogens is 368 g/mol. The number of amides is 3. The van der Waals surface area contributed by atoms with E-state index < -0.39 is 6.61 Å². The molecule has 3 rings (SSSR count). The lowest BCUT2D eigenvalue weighted by atomic mass is 9.96. The van der Waals surface area contributed by atoms with E-state index in [1.807, 2.05) is 18.2 Å². The number of benzene rings is 2. The number of alkyl halides is 2. The number of urea groups is 1. The van der Waals surface area contributed by atoms with Gasteiger partial charge in [0.1, 0.15) is 5.75 Å². The lowest BCUT2D eigenvalue weighted by Gasteiger charge is -2.31. The molecule has 0 atom stereocenters. The first-order chi connectivity index (χ1) is 13.5. The quantitative estimate of drug-likeness (QED) is 0.806. The van der Waals surface area contributed by atoms with Gasteiger partial charge in [0.25, 0.3) is 0 Å². The van der Waals surface area contributed by atoms with E-state index in [1.165, 1.54) is 12.1 Å². The first-order valence-electron chi connectivity index (χ1n) is 8.98. The molecule has 2 N–H and O–H groups in total. The van der Waals surface area contributed by atoms with E-state index in [-0.39, 0.29) is 29.3 Å². The van der Waals surface area contributed by atoms with Gasteiger partial charge in [-0.2, -0.15) is 8.78 Å². The number of hydrogen-bond acceptors (Lipinski definition) is 3. The predicted octanol–water partition coefficient (Wildman–Crippen LogP) is 4.17. The van der Waals surface area contributed by atoms with Crippen molar-refractivity contribution in [2.75, 3.05) is 23.7 Å². The number of ether oxygens (including phenoxy) is 1. The number of nitrogens with one attached hydrogen (secondary N) is 2. The smallest absolute Gasteiger partial charge is 0.387 e. The molecule has 1 fully saturated rings. The third kappa shape index (κ3) is 5.18. The minimum absolute atomic E-state index is 0.0782. The minimum Gasteiger partial charge on any atom is -0.433 e. The molecule has 0 aromatic heterocycles. The minimum atomic E-state index is -2.97. The lowest BCUT2D eigenvalue weighted by molar-refractivity contribution is -0.121. The number of rotatable bonds is 5. The summed E-state index contributed by atoms with van der Waals surface area (Å²) in [5, 5.41) is 5.47. The van der Waals surface area contributed by atoms with Gasteiger partial charge < -0.3 is 20.3 Å². The van der Waals surface area contributed by atoms with E-state index in [9.17, 15) is 18.4 Å². The van der Waals surface area contributed by atoms with E-state index in [2.05, 4.69) is 15.4 Å². The highest BCUT2D eigenvalue weighted by molar-refractivity contribution is 5.94. The highest BCUT2D eigenvalue weighted by atomic mass is 19.3. The SMILES string of the molecule is O=C(Nc1ccccc1OC(F)F)C1CCN(C(=O)Nc2ccccc2)CC1. The lowest BCUT2D eigenvalue weighted by Crippen LogP contribution is -2.43. The van der Waals surface area contributed by atoms with Crippen LogP contribution >= 0.6 is 0 Å². The van der Waals surface area contributed by atoms with Gasteiger partial charge in [0.15, 0.2) is 0 Å². The standard InChI is InChI=1S/C20H21F2N3O3/c21-19(22)28-17-9-5-4-8-16(17)24-18(26)14-10-12-25(13-11-14)20(27)23-15-6-2-1-3-7-15/h1-9,14,19H,10-13H2,(H,23,27)(H,24,26). The summed E-state index contributed by atoms with van der Waals surface area (Å²) in [5.74, 6) is -0.653. The van der Waals surface area contributed by atoms with Gasteiger partial charge in [0.2, 0.25) is 5.91 Å². The van der Waals surface area contributed by atoms with Crippen LogP contribution in [0.3, 0.4) is 0 Å². The van der Waals surface area contributed by atoms with Crippen LogP contribution in [0.5, 0.6) is 5.75 Å². The fourth-order valence-corrected chi connectivity index (χ4v) is 3.07. The first kappa shape index (κ1) is 19.6. The Bertz CT molecular complexity index is 809. The van der Waals surface area contributed by atoms with Crippen molar-refractivity contribution in [3.05, 3.63) is 54.6 Å². The molecule has 28 heavy (non-hydrogen) atoms. The van der Waals surface area contributed by atoms with E-state index in [4.69, 9.17) is 0 Å². The summed E-state index contributed by atoms with van der Waals surface area (Å²) in [7, 11) is 0. The Balaban J connectivity index is 1.52. The van der Waals surface area contributed by atoms with Crippen LogP contribution in [-0.4, -0.2) is 36.5 Å². The number of hydrogen-bond donors (Lipinski definition) is 2. The molecule has 1 saturated heterocycles. The maximum atomic E-state index is 12.5. The number of nitrogens with zero attached hydrogens (tertiary/aromatic N) is 1. The average molecular weight is 389 g/mol. The Morgan fingerprint density at radius 2 is 1.61 bits per heavy atom. The number of carbonyl (C=O) groups excluding carboxylic acids is 2. The number of likely N-dealkylation sites (tertiary alicyclic amines) is 1. The summed E-state index contributed by atoms with van der Waals surface area (Å²) < 4.78 is 29.4. The molecule has 1 aliphatic rings. The van der Waals surface area contributed by atoms with E-state index in [0.29, 0.717) is 31.6 Å². The van der Waals surface area contributed by atoms with Crippen LogP contribution in [-0.2, 0) is 4.79 Å². The molecule has 0 spiro atoms. The third-order valence-electron chi connectivity index (χ3n) is 4.54. The molecule has 148 valence electrons. The van der Waals surface area contributed by atoms with Gasteiger partial charge in [0.05, 0.1) is 5.69 Å². The van der Waals surface area contributed by atoms with E-state index in [0.717, 1.165) is 0 Å². The zero-order valence-corrected chi connectivity index (χ0v) is 15.1. The molecule has 0 aliphatic carbocycles. The topological polar surface area (TPSA) is 70.7 Å². The molecule has 0 unspecified atom stereocenters. The van der Waals surface area contributed by atoms with Crippen LogP contribution < -0.4 is 15.4 Å². The maximum Gasteiger partial charge on any atom is 0.387 e. The van der Waals surface area contributed by atoms with Gasteiger partial charge in [-0.25, -0.2) is 4.79 Å². The van der Waals surface area contributed by atoms with Crippen LogP contribution in [0.15, 0.2) is 54.6 Å². The Labute approximate surface area is 161 Å². The molecule has 1 heterocycles. The van der Waals surface area contributed by atoms with Crippen LogP contribution in [0, 0.1) is 5.92 Å². The summed E-state index contributed by atoms with van der Waals surface area (Å²) >= 11 is 0. The summed E-state index contributed by atoms with van der Waals surface area (Å²) in [6.45, 7) is -2.10. The molecule has 3 amide bonds. The van der Waals surface area contributed by atoms with E-state index in [1.54, 1.807) is 29.2 Å². The molecule has 0 bridgehead atoms. The van der Waals surface area contributed by atoms with Gasteiger partial charge in [-0.15, -0.1) is 0 Å². The Hall–Kier alpha value is -3.16. The second-order valence-electron chi connectivity index (χ2n) is 6.42. The number of piperidine rings is 1. The Kier molecular flexibility index (Phi) is 6.41. The molecule has 1 aliphatic heterocycles. The number of carbonyl (C=O) groups is 2. The van der Waals surface area contributed by atoms with Crippen molar-refractivity contribution >= 4 is 23.3 Å². The average Bonchev–Trinajstić information content (AvgIpc) is 2.70. The highest BCUT2D eigenvalue weighted by Gasteiger charge is 2.28. The number of anilines is 2. The molecule has 0 saturated carbocycles. The van der Waals surface area contributed by atoms with Crippen molar-refractivity contribution in [2.45, 2.75) is 19.5 Å². The number of halogens is 2. The molecule has 2 aromatic carbocycles. The summed E-state index contributed by atoms with van der Waals surface area (Å²) in [6.07, 6.45) is 0.984. The first-order valence-corrected chi connectivity index (χ1v) is 8.98. The Morgan fingerprint density at radius 3 is 2.29 bits per heavy atom. The summed E-state index contributed by atoms with van der Waals surface area (Å²) in [4.78, 5) is 26.5. The zero-order chi connectivity index (χ0) is 19.9. The molecule has 6 nitrogen and oxygen atoms in total. The molecule has 0 radical (unpaired) electrons. The maximum absolute atomic E-state index is 12.5. The van der Waals surface area contributed by atoms with Crippen molar-refractivity contribution in [1.82, 2.24) is 4.90 Å². The summed E-state index contributed by atoms with van der Waals surface area (Å²) in [6, 6.07) is 15.0. The highest BCUT2D eigenvalue weighted by Crippen LogP contribution is 2.27. The normalized spacial score (nSPS) is 14.6. The zero-order valence-electron chi connectivity index (χ0n) is 15.1. The molecule has 2 aromatic rings. The molecular formula is C20H21F2N3O3. The monoisotopic (exact) mass is 389 g/mol. The van der Waals surface area contributed by atoms with Gasteiger partial charge in [-0.05, 0) is 37.1 Å². The second kappa shape index (κ2) is 9.16. The van der Waals surface area contributed by atoms with Gasteiger partial charge in [-0.1, -0.05) is 30.3 Å². The third-order valence-corrected chi connectivity index (χ3v) is 4.54. The van der Waals surface area contributed by atoms with Crippen LogP contribution in [0.4, 0.5) is 25.0 Å². The van der Waals surface area contributed by atoms with Crippen LogP contribution in [0.1, 0.15) is 12.8 Å². The summed E-state index contributed by atoms with van der Waals surface area (Å²) in [5.41, 5.74) is 0.917. The fraction of sp³-hybridized carbons (Fsp3) is 0.300. The van der Waals surface area contributed by atoms with Gasteiger partial charge >= 0.3 is 12.6 Å². The van der Waals surface area contributed by atoms with Crippen molar-refractivity contribution in [3.63, 3.8) is 0 Å². The van der Waals surface area contributed by atoms with Crippen LogP contribution in [0.25, 0.3) is 0 Å². The van der Waals surface area contributed by atoms with Crippen molar-refractivity contribution in [3.8, 4) is 5.75 Å². The van der Waals surface area contributed by atoms with Crippen molar-refractivity contribution in [1.29, 1.82) is 0 Å². The van der Waals surface area contributed by atoms with Gasteiger partial charge in [-0.3, -0.25) is 4.79 Å². The van der Waals surface area contributed by atoms with Gasteiger partial charge in [0, 0.05) is 24.7 Å². The second-order valence-corrected chi connectivity index (χ2v) is 6.42. The fourth-order valence-electron chi connectivity index (χ4n) is 3.07. The van der Waals surface area contributed by atoms with E-state index >= 15 is 0 Å². The molecule has 8 heteroatoms. The Morgan fingerprint density at radius 1 is 0.964 bits per heavy atom. The van der Waals surface area contributed by atoms with Crippen molar-refractivity contribution in [2.24, 2.45) is 5.92 Å². The van der Waals surface area contributed by atoms with Crippen LogP contribution in [0.2, 0.25) is 0 Å². The largest absolute Gasteiger partial charge is 0.433 e. The predicted molar refractivity (Wildman–Crippen MR) is 101 cm³/mol.